The van der Waals surface area contributed by atoms with E-state index < -0.39 is 11.4 Å². The second-order valence-corrected chi connectivity index (χ2v) is 6.78. The summed E-state index contributed by atoms with van der Waals surface area (Å²) in [6, 6.07) is 3.82. The highest BCUT2D eigenvalue weighted by Crippen LogP contribution is 2.39. The number of anilines is 1. The standard InChI is InChI=1S/C17H18ClN3O3.ClH/c18-13-8-14-11(7-15(13)20-5-3-19-4-6-20)16(22)12(17(23)24)9-21(14)10-1-2-10;/h7-10,19H,1-6H2,(H,23,24);1H. The molecule has 8 heteroatoms. The summed E-state index contributed by atoms with van der Waals surface area (Å²) in [6.45, 7) is 3.33. The molecule has 4 rings (SSSR count). The first-order chi connectivity index (χ1) is 11.6. The van der Waals surface area contributed by atoms with Gasteiger partial charge in [-0.25, -0.2) is 4.79 Å². The summed E-state index contributed by atoms with van der Waals surface area (Å²) in [5.74, 6) is -1.19. The lowest BCUT2D eigenvalue weighted by Gasteiger charge is -2.30. The zero-order chi connectivity index (χ0) is 16.8. The zero-order valence-corrected chi connectivity index (χ0v) is 15.1. The molecule has 0 bridgehead atoms. The molecule has 2 fully saturated rings. The number of pyridine rings is 1. The molecule has 0 amide bonds. The lowest BCUT2D eigenvalue weighted by molar-refractivity contribution is 0.0695. The summed E-state index contributed by atoms with van der Waals surface area (Å²) >= 11 is 6.49. The van der Waals surface area contributed by atoms with Gasteiger partial charge in [-0.1, -0.05) is 11.6 Å². The molecule has 0 unspecified atom stereocenters. The van der Waals surface area contributed by atoms with Gasteiger partial charge in [0.05, 0.1) is 16.2 Å². The third kappa shape index (κ3) is 3.21. The van der Waals surface area contributed by atoms with Crippen LogP contribution in [-0.4, -0.2) is 41.8 Å². The minimum atomic E-state index is -1.19. The Hall–Kier alpha value is -1.76. The molecule has 6 nitrogen and oxygen atoms in total. The number of rotatable bonds is 3. The molecule has 2 aromatic rings. The number of nitrogens with zero attached hydrogens (tertiary/aromatic N) is 2. The van der Waals surface area contributed by atoms with Crippen LogP contribution >= 0.6 is 24.0 Å². The van der Waals surface area contributed by atoms with Crippen LogP contribution in [0.3, 0.4) is 0 Å². The number of hydrogen-bond acceptors (Lipinski definition) is 4. The molecule has 0 atom stereocenters. The SMILES string of the molecule is Cl.O=C(O)c1cn(C2CC2)c2cc(Cl)c(N3CCNCC3)cc2c1=O. The molecule has 1 saturated carbocycles. The Morgan fingerprint density at radius 1 is 1.24 bits per heavy atom. The van der Waals surface area contributed by atoms with Crippen molar-refractivity contribution in [2.45, 2.75) is 18.9 Å². The number of benzene rings is 1. The normalized spacial score (nSPS) is 17.4. The van der Waals surface area contributed by atoms with E-state index in [4.69, 9.17) is 11.6 Å². The molecule has 2 aliphatic rings. The van der Waals surface area contributed by atoms with Gasteiger partial charge in [-0.3, -0.25) is 4.79 Å². The van der Waals surface area contributed by atoms with E-state index >= 15 is 0 Å². The smallest absolute Gasteiger partial charge is 0.341 e. The zero-order valence-electron chi connectivity index (χ0n) is 13.5. The molecule has 1 aromatic carbocycles. The lowest BCUT2D eigenvalue weighted by Crippen LogP contribution is -2.43. The van der Waals surface area contributed by atoms with Crippen LogP contribution in [0.25, 0.3) is 10.9 Å². The number of carboxylic acid groups (broad SMARTS) is 1. The number of carboxylic acids is 1. The Labute approximate surface area is 155 Å². The van der Waals surface area contributed by atoms with E-state index in [0.29, 0.717) is 10.4 Å². The van der Waals surface area contributed by atoms with Crippen molar-refractivity contribution in [3.63, 3.8) is 0 Å². The van der Waals surface area contributed by atoms with Crippen LogP contribution in [0.5, 0.6) is 0 Å². The number of fused-ring (bicyclic) bond motifs is 1. The van der Waals surface area contributed by atoms with Gasteiger partial charge in [0.1, 0.15) is 5.56 Å². The third-order valence-corrected chi connectivity index (χ3v) is 5.03. The van der Waals surface area contributed by atoms with E-state index in [2.05, 4.69) is 10.2 Å². The second kappa shape index (κ2) is 6.86. The average Bonchev–Trinajstić information content (AvgIpc) is 3.40. The fraction of sp³-hybridized carbons (Fsp3) is 0.412. The summed E-state index contributed by atoms with van der Waals surface area (Å²) in [6.07, 6.45) is 3.45. The Balaban J connectivity index is 0.00000182. The topological polar surface area (TPSA) is 74.6 Å². The molecule has 25 heavy (non-hydrogen) atoms. The summed E-state index contributed by atoms with van der Waals surface area (Å²) in [4.78, 5) is 26.2. The Kier molecular flexibility index (Phi) is 4.95. The van der Waals surface area contributed by atoms with Crippen molar-refractivity contribution < 1.29 is 9.90 Å². The van der Waals surface area contributed by atoms with Crippen LogP contribution in [0.2, 0.25) is 5.02 Å². The number of aromatic nitrogens is 1. The van der Waals surface area contributed by atoms with Crippen LogP contribution in [0, 0.1) is 0 Å². The molecule has 1 aliphatic heterocycles. The maximum atomic E-state index is 12.6. The molecule has 2 heterocycles. The monoisotopic (exact) mass is 383 g/mol. The first-order valence-corrected chi connectivity index (χ1v) is 8.51. The van der Waals surface area contributed by atoms with E-state index in [1.807, 2.05) is 4.57 Å². The summed E-state index contributed by atoms with van der Waals surface area (Å²) < 4.78 is 1.90. The van der Waals surface area contributed by atoms with Crippen molar-refractivity contribution in [1.82, 2.24) is 9.88 Å². The number of carbonyl (C=O) groups is 1. The van der Waals surface area contributed by atoms with E-state index in [1.165, 1.54) is 6.20 Å². The number of aromatic carboxylic acids is 1. The molecule has 0 radical (unpaired) electrons. The number of halogens is 2. The van der Waals surface area contributed by atoms with E-state index in [-0.39, 0.29) is 24.0 Å². The second-order valence-electron chi connectivity index (χ2n) is 6.37. The quantitative estimate of drug-likeness (QED) is 0.851. The Morgan fingerprint density at radius 2 is 1.92 bits per heavy atom. The first kappa shape index (κ1) is 18.0. The van der Waals surface area contributed by atoms with Crippen molar-refractivity contribution in [2.75, 3.05) is 31.1 Å². The van der Waals surface area contributed by atoms with Crippen molar-refractivity contribution in [2.24, 2.45) is 0 Å². The van der Waals surface area contributed by atoms with Gasteiger partial charge in [0.25, 0.3) is 0 Å². The summed E-state index contributed by atoms with van der Waals surface area (Å²) in [5.41, 5.74) is 0.898. The molecular weight excluding hydrogens is 365 g/mol. The summed E-state index contributed by atoms with van der Waals surface area (Å²) in [7, 11) is 0. The predicted molar refractivity (Wildman–Crippen MR) is 101 cm³/mol. The van der Waals surface area contributed by atoms with Crippen LogP contribution in [0.1, 0.15) is 29.2 Å². The predicted octanol–water partition coefficient (Wildman–Crippen LogP) is 2.52. The minimum Gasteiger partial charge on any atom is -0.477 e. The molecule has 1 aliphatic carbocycles. The minimum absolute atomic E-state index is 0. The van der Waals surface area contributed by atoms with Crippen molar-refractivity contribution in [1.29, 1.82) is 0 Å². The van der Waals surface area contributed by atoms with Crippen LogP contribution in [0.4, 0.5) is 5.69 Å². The fourth-order valence-corrected chi connectivity index (χ4v) is 3.59. The van der Waals surface area contributed by atoms with Gasteiger partial charge in [0.15, 0.2) is 0 Å². The first-order valence-electron chi connectivity index (χ1n) is 8.13. The molecule has 1 saturated heterocycles. The Bertz CT molecular complexity index is 887. The van der Waals surface area contributed by atoms with Crippen molar-refractivity contribution in [3.8, 4) is 0 Å². The van der Waals surface area contributed by atoms with Crippen molar-refractivity contribution >= 4 is 46.6 Å². The van der Waals surface area contributed by atoms with Gasteiger partial charge in [-0.2, -0.15) is 0 Å². The highest BCUT2D eigenvalue weighted by atomic mass is 35.5. The van der Waals surface area contributed by atoms with Crippen LogP contribution < -0.4 is 15.6 Å². The highest BCUT2D eigenvalue weighted by Gasteiger charge is 2.27. The van der Waals surface area contributed by atoms with E-state index in [1.54, 1.807) is 12.1 Å². The van der Waals surface area contributed by atoms with Gasteiger partial charge in [-0.15, -0.1) is 12.4 Å². The van der Waals surface area contributed by atoms with Crippen LogP contribution in [-0.2, 0) is 0 Å². The summed E-state index contributed by atoms with van der Waals surface area (Å²) in [5, 5.41) is 13.7. The van der Waals surface area contributed by atoms with E-state index in [0.717, 1.165) is 50.2 Å². The number of nitrogens with one attached hydrogen (secondary N) is 1. The van der Waals surface area contributed by atoms with Crippen molar-refractivity contribution in [3.05, 3.63) is 39.1 Å². The fourth-order valence-electron chi connectivity index (χ4n) is 3.31. The Morgan fingerprint density at radius 3 is 2.52 bits per heavy atom. The van der Waals surface area contributed by atoms with Gasteiger partial charge in [0, 0.05) is 43.8 Å². The number of hydrogen-bond donors (Lipinski definition) is 2. The van der Waals surface area contributed by atoms with Gasteiger partial charge in [0.2, 0.25) is 5.43 Å². The molecular formula is C17H19Cl2N3O3. The number of piperazine rings is 1. The van der Waals surface area contributed by atoms with Crippen LogP contribution in [0.15, 0.2) is 23.1 Å². The van der Waals surface area contributed by atoms with Gasteiger partial charge < -0.3 is 19.9 Å². The molecule has 134 valence electrons. The largest absolute Gasteiger partial charge is 0.477 e. The average molecular weight is 384 g/mol. The molecule has 0 spiro atoms. The van der Waals surface area contributed by atoms with E-state index in [9.17, 15) is 14.7 Å². The van der Waals surface area contributed by atoms with Gasteiger partial charge in [-0.05, 0) is 25.0 Å². The third-order valence-electron chi connectivity index (χ3n) is 4.73. The molecule has 2 N–H and O–H groups in total. The molecule has 1 aromatic heterocycles. The van der Waals surface area contributed by atoms with Gasteiger partial charge >= 0.3 is 5.97 Å². The lowest BCUT2D eigenvalue weighted by atomic mass is 10.1. The maximum Gasteiger partial charge on any atom is 0.341 e. The maximum absolute atomic E-state index is 12.6. The highest BCUT2D eigenvalue weighted by molar-refractivity contribution is 6.34.